The predicted octanol–water partition coefficient (Wildman–Crippen LogP) is 2.69. The Morgan fingerprint density at radius 3 is 2.90 bits per heavy atom. The van der Waals surface area contributed by atoms with Crippen molar-refractivity contribution in [3.63, 3.8) is 0 Å². The van der Waals surface area contributed by atoms with Crippen LogP contribution in [-0.2, 0) is 9.59 Å². The molecule has 0 aliphatic carbocycles. The largest absolute Gasteiger partial charge is 0.481 e. The molecule has 0 saturated carbocycles. The van der Waals surface area contributed by atoms with Gasteiger partial charge in [0.15, 0.2) is 0 Å². The first-order chi connectivity index (χ1) is 10.1. The van der Waals surface area contributed by atoms with Crippen molar-refractivity contribution < 1.29 is 19.1 Å². The molecule has 1 aromatic rings. The van der Waals surface area contributed by atoms with Gasteiger partial charge in [0.25, 0.3) is 0 Å². The van der Waals surface area contributed by atoms with Crippen LogP contribution < -0.4 is 0 Å². The Balaban J connectivity index is 2.05. The van der Waals surface area contributed by atoms with Crippen molar-refractivity contribution in [1.29, 1.82) is 0 Å². The fourth-order valence-electron chi connectivity index (χ4n) is 2.58. The van der Waals surface area contributed by atoms with E-state index in [9.17, 15) is 14.0 Å². The summed E-state index contributed by atoms with van der Waals surface area (Å²) in [6.07, 6.45) is 5.45. The van der Waals surface area contributed by atoms with E-state index in [2.05, 4.69) is 0 Å². The second-order valence-corrected chi connectivity index (χ2v) is 5.17. The quantitative estimate of drug-likeness (QED) is 0.868. The third-order valence-corrected chi connectivity index (χ3v) is 3.59. The van der Waals surface area contributed by atoms with Crippen LogP contribution in [-0.4, -0.2) is 34.5 Å². The molecule has 0 aromatic heterocycles. The SMILES string of the molecule is O=C(O)CC1CCCCN1C(=O)/C=C/c1cccc(F)c1. The molecule has 1 amide bonds. The molecular formula is C16H18FNO3. The molecule has 5 heteroatoms. The van der Waals surface area contributed by atoms with Crippen LogP contribution in [0.5, 0.6) is 0 Å². The lowest BCUT2D eigenvalue weighted by molar-refractivity contribution is -0.140. The number of nitrogens with zero attached hydrogens (tertiary/aromatic N) is 1. The molecular weight excluding hydrogens is 273 g/mol. The summed E-state index contributed by atoms with van der Waals surface area (Å²) in [5, 5.41) is 8.91. The van der Waals surface area contributed by atoms with Gasteiger partial charge in [-0.3, -0.25) is 9.59 Å². The summed E-state index contributed by atoms with van der Waals surface area (Å²) in [4.78, 5) is 24.7. The molecule has 0 bridgehead atoms. The molecule has 1 heterocycles. The second kappa shape index (κ2) is 7.02. The molecule has 4 nitrogen and oxygen atoms in total. The minimum atomic E-state index is -0.895. The Labute approximate surface area is 122 Å². The Kier molecular flexibility index (Phi) is 5.09. The maximum atomic E-state index is 13.1. The fraction of sp³-hybridized carbons (Fsp3) is 0.375. The Morgan fingerprint density at radius 1 is 1.38 bits per heavy atom. The van der Waals surface area contributed by atoms with Crippen LogP contribution in [0.1, 0.15) is 31.2 Å². The molecule has 1 N–H and O–H groups in total. The molecule has 1 aliphatic heterocycles. The summed E-state index contributed by atoms with van der Waals surface area (Å²) < 4.78 is 13.1. The van der Waals surface area contributed by atoms with Gasteiger partial charge in [-0.15, -0.1) is 0 Å². The van der Waals surface area contributed by atoms with Gasteiger partial charge in [0.05, 0.1) is 6.42 Å². The third-order valence-electron chi connectivity index (χ3n) is 3.59. The van der Waals surface area contributed by atoms with Crippen molar-refractivity contribution in [2.24, 2.45) is 0 Å². The summed E-state index contributed by atoms with van der Waals surface area (Å²) in [5.41, 5.74) is 0.607. The van der Waals surface area contributed by atoms with Crippen molar-refractivity contribution in [2.75, 3.05) is 6.54 Å². The van der Waals surface area contributed by atoms with E-state index >= 15 is 0 Å². The summed E-state index contributed by atoms with van der Waals surface area (Å²) in [6.45, 7) is 0.574. The van der Waals surface area contributed by atoms with E-state index in [1.54, 1.807) is 23.1 Å². The number of aliphatic carboxylic acids is 1. The van der Waals surface area contributed by atoms with Gasteiger partial charge in [-0.25, -0.2) is 4.39 Å². The van der Waals surface area contributed by atoms with Crippen molar-refractivity contribution in [3.8, 4) is 0 Å². The van der Waals surface area contributed by atoms with Gasteiger partial charge in [0.2, 0.25) is 5.91 Å². The topological polar surface area (TPSA) is 57.6 Å². The number of benzene rings is 1. The summed E-state index contributed by atoms with van der Waals surface area (Å²) in [6, 6.07) is 5.72. The van der Waals surface area contributed by atoms with Crippen LogP contribution in [0.25, 0.3) is 6.08 Å². The molecule has 1 unspecified atom stereocenters. The molecule has 2 rings (SSSR count). The normalized spacial score (nSPS) is 18.9. The lowest BCUT2D eigenvalue weighted by Gasteiger charge is -2.34. The number of hydrogen-bond donors (Lipinski definition) is 1. The Hall–Kier alpha value is -2.17. The number of amides is 1. The number of rotatable bonds is 4. The number of likely N-dealkylation sites (tertiary alicyclic amines) is 1. The average molecular weight is 291 g/mol. The molecule has 1 fully saturated rings. The van der Waals surface area contributed by atoms with Gasteiger partial charge in [0, 0.05) is 18.7 Å². The smallest absolute Gasteiger partial charge is 0.305 e. The van der Waals surface area contributed by atoms with Gasteiger partial charge >= 0.3 is 5.97 Å². The zero-order valence-corrected chi connectivity index (χ0v) is 11.7. The van der Waals surface area contributed by atoms with Crippen molar-refractivity contribution in [3.05, 3.63) is 41.7 Å². The lowest BCUT2D eigenvalue weighted by Crippen LogP contribution is -2.44. The monoisotopic (exact) mass is 291 g/mol. The number of piperidine rings is 1. The van der Waals surface area contributed by atoms with Crippen molar-refractivity contribution in [2.45, 2.75) is 31.7 Å². The molecule has 1 aromatic carbocycles. The minimum absolute atomic E-state index is 0.0282. The standard InChI is InChI=1S/C16H18FNO3/c17-13-5-3-4-12(10-13)7-8-15(19)18-9-2-1-6-14(18)11-16(20)21/h3-5,7-8,10,14H,1-2,6,9,11H2,(H,20,21)/b8-7+. The molecule has 1 aliphatic rings. The zero-order valence-electron chi connectivity index (χ0n) is 11.7. The van der Waals surface area contributed by atoms with E-state index in [4.69, 9.17) is 5.11 Å². The van der Waals surface area contributed by atoms with E-state index in [0.717, 1.165) is 12.8 Å². The first kappa shape index (κ1) is 15.2. The van der Waals surface area contributed by atoms with Gasteiger partial charge < -0.3 is 10.0 Å². The molecule has 112 valence electrons. The number of carboxylic acid groups (broad SMARTS) is 1. The summed E-state index contributed by atoms with van der Waals surface area (Å²) in [5.74, 6) is -1.47. The number of carbonyl (C=O) groups excluding carboxylic acids is 1. The third kappa shape index (κ3) is 4.41. The van der Waals surface area contributed by atoms with Crippen LogP contribution in [0.4, 0.5) is 4.39 Å². The second-order valence-electron chi connectivity index (χ2n) is 5.17. The van der Waals surface area contributed by atoms with Crippen molar-refractivity contribution >= 4 is 18.0 Å². The van der Waals surface area contributed by atoms with Crippen molar-refractivity contribution in [1.82, 2.24) is 4.90 Å². The molecule has 0 radical (unpaired) electrons. The van der Waals surface area contributed by atoms with Gasteiger partial charge in [-0.2, -0.15) is 0 Å². The maximum Gasteiger partial charge on any atom is 0.305 e. The molecule has 1 saturated heterocycles. The highest BCUT2D eigenvalue weighted by Gasteiger charge is 2.27. The van der Waals surface area contributed by atoms with Gasteiger partial charge in [0.1, 0.15) is 5.82 Å². The van der Waals surface area contributed by atoms with E-state index < -0.39 is 5.97 Å². The van der Waals surface area contributed by atoms with E-state index in [0.29, 0.717) is 18.5 Å². The summed E-state index contributed by atoms with van der Waals surface area (Å²) in [7, 11) is 0. The summed E-state index contributed by atoms with van der Waals surface area (Å²) >= 11 is 0. The van der Waals surface area contributed by atoms with E-state index in [1.165, 1.54) is 18.2 Å². The highest BCUT2D eigenvalue weighted by Crippen LogP contribution is 2.20. The molecule has 1 atom stereocenters. The van der Waals surface area contributed by atoms with Crippen LogP contribution in [0.3, 0.4) is 0 Å². The van der Waals surface area contributed by atoms with Crippen LogP contribution in [0, 0.1) is 5.82 Å². The maximum absolute atomic E-state index is 13.1. The van der Waals surface area contributed by atoms with Crippen LogP contribution in [0.15, 0.2) is 30.3 Å². The first-order valence-corrected chi connectivity index (χ1v) is 7.02. The van der Waals surface area contributed by atoms with Gasteiger partial charge in [-0.05, 0) is 43.0 Å². The van der Waals surface area contributed by atoms with E-state index in [-0.39, 0.29) is 24.2 Å². The molecule has 0 spiro atoms. The fourth-order valence-corrected chi connectivity index (χ4v) is 2.58. The zero-order chi connectivity index (χ0) is 15.2. The minimum Gasteiger partial charge on any atom is -0.481 e. The Bertz CT molecular complexity index is 556. The number of hydrogen-bond acceptors (Lipinski definition) is 2. The number of carbonyl (C=O) groups is 2. The predicted molar refractivity (Wildman–Crippen MR) is 77.0 cm³/mol. The van der Waals surface area contributed by atoms with Crippen LogP contribution in [0.2, 0.25) is 0 Å². The van der Waals surface area contributed by atoms with Crippen LogP contribution >= 0.6 is 0 Å². The lowest BCUT2D eigenvalue weighted by atomic mass is 9.99. The number of halogens is 1. The Morgan fingerprint density at radius 2 is 2.19 bits per heavy atom. The van der Waals surface area contributed by atoms with E-state index in [1.807, 2.05) is 0 Å². The highest BCUT2D eigenvalue weighted by molar-refractivity contribution is 5.92. The number of carboxylic acids is 1. The first-order valence-electron chi connectivity index (χ1n) is 7.02. The molecule has 21 heavy (non-hydrogen) atoms. The highest BCUT2D eigenvalue weighted by atomic mass is 19.1. The van der Waals surface area contributed by atoms with Gasteiger partial charge in [-0.1, -0.05) is 12.1 Å². The average Bonchev–Trinajstić information content (AvgIpc) is 2.45.